The SMILES string of the molecule is Cc1ccc[n+]([C@@H](Cc2ccccc2)C(=O)O)c1. The lowest BCUT2D eigenvalue weighted by Crippen LogP contribution is -2.44. The molecule has 0 saturated carbocycles. The number of carboxylic acids is 1. The Morgan fingerprint density at radius 3 is 2.56 bits per heavy atom. The molecule has 0 radical (unpaired) electrons. The molecular formula is C15H16NO2+. The molecular weight excluding hydrogens is 226 g/mol. The predicted molar refractivity (Wildman–Crippen MR) is 68.2 cm³/mol. The summed E-state index contributed by atoms with van der Waals surface area (Å²) in [7, 11) is 0. The van der Waals surface area contributed by atoms with E-state index in [0.717, 1.165) is 11.1 Å². The Hall–Kier alpha value is -2.16. The molecule has 2 aromatic rings. The zero-order valence-corrected chi connectivity index (χ0v) is 10.3. The molecule has 0 saturated heterocycles. The van der Waals surface area contributed by atoms with E-state index in [1.165, 1.54) is 0 Å². The first-order valence-corrected chi connectivity index (χ1v) is 5.91. The van der Waals surface area contributed by atoms with Crippen molar-refractivity contribution in [3.63, 3.8) is 0 Å². The van der Waals surface area contributed by atoms with Crippen molar-refractivity contribution in [2.45, 2.75) is 19.4 Å². The summed E-state index contributed by atoms with van der Waals surface area (Å²) in [6.07, 6.45) is 4.15. The van der Waals surface area contributed by atoms with E-state index in [-0.39, 0.29) is 0 Å². The van der Waals surface area contributed by atoms with Gasteiger partial charge in [-0.05, 0) is 18.6 Å². The third-order valence-corrected chi connectivity index (χ3v) is 2.89. The van der Waals surface area contributed by atoms with Crippen LogP contribution in [0.2, 0.25) is 0 Å². The minimum absolute atomic E-state index is 0.490. The van der Waals surface area contributed by atoms with E-state index in [1.807, 2.05) is 55.6 Å². The molecule has 1 aromatic heterocycles. The van der Waals surface area contributed by atoms with E-state index in [0.29, 0.717) is 6.42 Å². The molecule has 2 rings (SSSR count). The van der Waals surface area contributed by atoms with Gasteiger partial charge in [0.25, 0.3) is 6.04 Å². The standard InChI is InChI=1S/C15H15NO2/c1-12-6-5-9-16(11-12)14(15(17)18)10-13-7-3-2-4-8-13/h2-9,11,14H,10H2,1H3/p+1/t14-/m0/s1. The maximum Gasteiger partial charge on any atom is 0.373 e. The molecule has 0 aliphatic heterocycles. The average molecular weight is 242 g/mol. The molecule has 1 heterocycles. The lowest BCUT2D eigenvalue weighted by Gasteiger charge is -2.08. The number of hydrogen-bond donors (Lipinski definition) is 1. The van der Waals surface area contributed by atoms with Crippen molar-refractivity contribution in [2.24, 2.45) is 0 Å². The molecule has 1 N–H and O–H groups in total. The second-order valence-electron chi connectivity index (χ2n) is 4.37. The summed E-state index contributed by atoms with van der Waals surface area (Å²) in [6.45, 7) is 1.96. The van der Waals surface area contributed by atoms with E-state index in [1.54, 1.807) is 10.8 Å². The Morgan fingerprint density at radius 1 is 1.22 bits per heavy atom. The van der Waals surface area contributed by atoms with Gasteiger partial charge in [0.05, 0.1) is 0 Å². The minimum Gasteiger partial charge on any atom is -0.476 e. The van der Waals surface area contributed by atoms with Gasteiger partial charge in [0.2, 0.25) is 0 Å². The molecule has 1 atom stereocenters. The van der Waals surface area contributed by atoms with Crippen molar-refractivity contribution in [2.75, 3.05) is 0 Å². The Bertz CT molecular complexity index is 537. The van der Waals surface area contributed by atoms with Gasteiger partial charge in [-0.2, -0.15) is 4.57 Å². The summed E-state index contributed by atoms with van der Waals surface area (Å²) < 4.78 is 1.75. The van der Waals surface area contributed by atoms with Gasteiger partial charge in [0, 0.05) is 18.1 Å². The summed E-state index contributed by atoms with van der Waals surface area (Å²) in [5.41, 5.74) is 2.08. The smallest absolute Gasteiger partial charge is 0.373 e. The molecule has 0 aliphatic rings. The molecule has 0 fully saturated rings. The molecule has 0 spiro atoms. The van der Waals surface area contributed by atoms with Crippen molar-refractivity contribution in [1.29, 1.82) is 0 Å². The van der Waals surface area contributed by atoms with Crippen molar-refractivity contribution in [3.8, 4) is 0 Å². The Kier molecular flexibility index (Phi) is 3.72. The minimum atomic E-state index is -0.811. The van der Waals surface area contributed by atoms with E-state index in [2.05, 4.69) is 0 Å². The molecule has 92 valence electrons. The molecule has 18 heavy (non-hydrogen) atoms. The zero-order valence-electron chi connectivity index (χ0n) is 10.3. The van der Waals surface area contributed by atoms with Gasteiger partial charge in [0.15, 0.2) is 12.4 Å². The van der Waals surface area contributed by atoms with Gasteiger partial charge in [-0.3, -0.25) is 0 Å². The highest BCUT2D eigenvalue weighted by molar-refractivity contribution is 5.70. The van der Waals surface area contributed by atoms with Crippen LogP contribution in [-0.2, 0) is 11.2 Å². The number of carbonyl (C=O) groups is 1. The van der Waals surface area contributed by atoms with E-state index < -0.39 is 12.0 Å². The Balaban J connectivity index is 2.27. The van der Waals surface area contributed by atoms with Crippen LogP contribution in [0, 0.1) is 6.92 Å². The fourth-order valence-electron chi connectivity index (χ4n) is 1.97. The highest BCUT2D eigenvalue weighted by atomic mass is 16.4. The van der Waals surface area contributed by atoms with Gasteiger partial charge < -0.3 is 5.11 Å². The van der Waals surface area contributed by atoms with Gasteiger partial charge in [-0.15, -0.1) is 0 Å². The molecule has 3 nitrogen and oxygen atoms in total. The van der Waals surface area contributed by atoms with E-state index >= 15 is 0 Å². The lowest BCUT2D eigenvalue weighted by atomic mass is 10.1. The number of aryl methyl sites for hydroxylation is 1. The fourth-order valence-corrected chi connectivity index (χ4v) is 1.97. The Morgan fingerprint density at radius 2 is 1.94 bits per heavy atom. The van der Waals surface area contributed by atoms with Crippen molar-refractivity contribution >= 4 is 5.97 Å². The first-order chi connectivity index (χ1) is 8.66. The topological polar surface area (TPSA) is 41.2 Å². The van der Waals surface area contributed by atoms with Crippen LogP contribution >= 0.6 is 0 Å². The quantitative estimate of drug-likeness (QED) is 0.835. The summed E-state index contributed by atoms with van der Waals surface area (Å²) in [5.74, 6) is -0.811. The number of pyridine rings is 1. The van der Waals surface area contributed by atoms with Crippen LogP contribution in [0.5, 0.6) is 0 Å². The second-order valence-corrected chi connectivity index (χ2v) is 4.37. The molecule has 1 aromatic carbocycles. The molecule has 0 unspecified atom stereocenters. The summed E-state index contributed by atoms with van der Waals surface area (Å²) in [5, 5.41) is 9.36. The van der Waals surface area contributed by atoms with Gasteiger partial charge >= 0.3 is 5.97 Å². The molecule has 0 bridgehead atoms. The fraction of sp³-hybridized carbons (Fsp3) is 0.200. The summed E-state index contributed by atoms with van der Waals surface area (Å²) in [6, 6.07) is 12.9. The molecule has 3 heteroatoms. The third-order valence-electron chi connectivity index (χ3n) is 2.89. The normalized spacial score (nSPS) is 12.1. The van der Waals surface area contributed by atoms with Gasteiger partial charge in [-0.1, -0.05) is 30.3 Å². The predicted octanol–water partition coefficient (Wildman–Crippen LogP) is 2.15. The highest BCUT2D eigenvalue weighted by Gasteiger charge is 2.27. The largest absolute Gasteiger partial charge is 0.476 e. The lowest BCUT2D eigenvalue weighted by molar-refractivity contribution is -0.710. The monoisotopic (exact) mass is 242 g/mol. The number of rotatable bonds is 4. The van der Waals surface area contributed by atoms with Crippen LogP contribution in [0.4, 0.5) is 0 Å². The van der Waals surface area contributed by atoms with E-state index in [9.17, 15) is 9.90 Å². The van der Waals surface area contributed by atoms with Crippen molar-refractivity contribution < 1.29 is 14.5 Å². The third kappa shape index (κ3) is 2.94. The second kappa shape index (κ2) is 5.45. The van der Waals surface area contributed by atoms with Gasteiger partial charge in [0.1, 0.15) is 0 Å². The van der Waals surface area contributed by atoms with Gasteiger partial charge in [-0.25, -0.2) is 4.79 Å². The molecule has 0 amide bonds. The van der Waals surface area contributed by atoms with E-state index in [4.69, 9.17) is 0 Å². The van der Waals surface area contributed by atoms with Crippen LogP contribution in [-0.4, -0.2) is 11.1 Å². The number of benzene rings is 1. The number of aromatic nitrogens is 1. The highest BCUT2D eigenvalue weighted by Crippen LogP contribution is 2.09. The van der Waals surface area contributed by atoms with Crippen LogP contribution in [0.15, 0.2) is 54.9 Å². The Labute approximate surface area is 106 Å². The zero-order chi connectivity index (χ0) is 13.0. The maximum absolute atomic E-state index is 11.4. The van der Waals surface area contributed by atoms with Crippen LogP contribution < -0.4 is 4.57 Å². The first kappa shape index (κ1) is 12.3. The van der Waals surface area contributed by atoms with Crippen molar-refractivity contribution in [3.05, 3.63) is 66.0 Å². The first-order valence-electron chi connectivity index (χ1n) is 5.91. The number of hydrogen-bond acceptors (Lipinski definition) is 1. The van der Waals surface area contributed by atoms with Crippen LogP contribution in [0.1, 0.15) is 17.2 Å². The van der Waals surface area contributed by atoms with Crippen LogP contribution in [0.3, 0.4) is 0 Å². The number of nitrogens with zero attached hydrogens (tertiary/aromatic N) is 1. The van der Waals surface area contributed by atoms with Crippen LogP contribution in [0.25, 0.3) is 0 Å². The van der Waals surface area contributed by atoms with Crippen molar-refractivity contribution in [1.82, 2.24) is 0 Å². The maximum atomic E-state index is 11.4. The average Bonchev–Trinajstić information content (AvgIpc) is 2.37. The summed E-state index contributed by atoms with van der Waals surface area (Å²) in [4.78, 5) is 11.4. The number of aliphatic carboxylic acids is 1. The number of carboxylic acid groups (broad SMARTS) is 1. The summed E-state index contributed by atoms with van der Waals surface area (Å²) >= 11 is 0. The molecule has 0 aliphatic carbocycles.